The molecule has 0 saturated heterocycles. The van der Waals surface area contributed by atoms with Crippen LogP contribution >= 0.6 is 0 Å². The summed E-state index contributed by atoms with van der Waals surface area (Å²) in [5, 5.41) is 3.18. The fraction of sp³-hybridized carbons (Fsp3) is 0.214. The number of hydrogen-bond acceptors (Lipinski definition) is 4. The van der Waals surface area contributed by atoms with Crippen molar-refractivity contribution in [3.05, 3.63) is 94.9 Å². The largest absolute Gasteiger partial charge is 0.372 e. The molecule has 5 nitrogen and oxygen atoms in total. The normalized spacial score (nSPS) is 13.6. The molecule has 0 aromatic heterocycles. The van der Waals surface area contributed by atoms with Crippen LogP contribution in [0.3, 0.4) is 0 Å². The van der Waals surface area contributed by atoms with Gasteiger partial charge in [-0.15, -0.1) is 0 Å². The Morgan fingerprint density at radius 1 is 0.853 bits per heavy atom. The van der Waals surface area contributed by atoms with Gasteiger partial charge in [-0.1, -0.05) is 24.3 Å². The molecule has 1 aliphatic heterocycles. The van der Waals surface area contributed by atoms with Crippen LogP contribution in [0.25, 0.3) is 5.57 Å². The highest BCUT2D eigenvalue weighted by atomic mass is 19.1. The second kappa shape index (κ2) is 9.51. The number of amides is 2. The molecule has 6 heteroatoms. The number of carbonyl (C=O) groups is 2. The Labute approximate surface area is 199 Å². The van der Waals surface area contributed by atoms with Crippen molar-refractivity contribution < 1.29 is 14.0 Å². The third kappa shape index (κ3) is 4.19. The summed E-state index contributed by atoms with van der Waals surface area (Å²) in [6, 6.07) is 18.9. The smallest absolute Gasteiger partial charge is 0.282 e. The van der Waals surface area contributed by atoms with Crippen molar-refractivity contribution in [1.29, 1.82) is 0 Å². The molecule has 3 aromatic rings. The Balaban J connectivity index is 1.77. The molecule has 0 radical (unpaired) electrons. The molecule has 0 fully saturated rings. The molecular weight excluding hydrogens is 429 g/mol. The van der Waals surface area contributed by atoms with Crippen LogP contribution in [0.2, 0.25) is 0 Å². The zero-order valence-corrected chi connectivity index (χ0v) is 19.9. The van der Waals surface area contributed by atoms with Crippen molar-refractivity contribution in [3.63, 3.8) is 0 Å². The van der Waals surface area contributed by atoms with Crippen molar-refractivity contribution in [3.8, 4) is 0 Å². The predicted molar refractivity (Wildman–Crippen MR) is 135 cm³/mol. The molecule has 1 N–H and O–H groups in total. The van der Waals surface area contributed by atoms with E-state index in [4.69, 9.17) is 0 Å². The van der Waals surface area contributed by atoms with Crippen LogP contribution in [-0.4, -0.2) is 24.9 Å². The molecule has 1 heterocycles. The monoisotopic (exact) mass is 457 g/mol. The minimum Gasteiger partial charge on any atom is -0.372 e. The van der Waals surface area contributed by atoms with E-state index >= 15 is 0 Å². The summed E-state index contributed by atoms with van der Waals surface area (Å²) in [5.74, 6) is -1.28. The van der Waals surface area contributed by atoms with Crippen LogP contribution in [-0.2, 0) is 9.59 Å². The highest BCUT2D eigenvalue weighted by Crippen LogP contribution is 2.36. The minimum absolute atomic E-state index is 0.174. The van der Waals surface area contributed by atoms with E-state index in [-0.39, 0.29) is 11.3 Å². The van der Waals surface area contributed by atoms with Gasteiger partial charge in [-0.2, -0.15) is 0 Å². The SMILES string of the molecule is CCN(CC)c1ccc(NC2=C(c3ccc(F)cc3)C(=O)N(c3cccc(C)c3C)C2=O)cc1. The number of imide groups is 1. The average Bonchev–Trinajstić information content (AvgIpc) is 3.07. The number of halogens is 1. The van der Waals surface area contributed by atoms with E-state index in [9.17, 15) is 14.0 Å². The predicted octanol–water partition coefficient (Wildman–Crippen LogP) is 5.69. The van der Waals surface area contributed by atoms with Gasteiger partial charge in [-0.3, -0.25) is 9.59 Å². The van der Waals surface area contributed by atoms with E-state index < -0.39 is 17.6 Å². The van der Waals surface area contributed by atoms with Crippen molar-refractivity contribution >= 4 is 34.4 Å². The first kappa shape index (κ1) is 23.2. The summed E-state index contributed by atoms with van der Waals surface area (Å²) in [6.45, 7) is 9.80. The molecule has 0 saturated carbocycles. The van der Waals surface area contributed by atoms with Crippen LogP contribution in [0.1, 0.15) is 30.5 Å². The number of carbonyl (C=O) groups excluding carboxylic acids is 2. The van der Waals surface area contributed by atoms with Crippen molar-refractivity contribution in [1.82, 2.24) is 0 Å². The lowest BCUT2D eigenvalue weighted by molar-refractivity contribution is -0.120. The van der Waals surface area contributed by atoms with Gasteiger partial charge >= 0.3 is 0 Å². The van der Waals surface area contributed by atoms with E-state index in [1.165, 1.54) is 29.2 Å². The summed E-state index contributed by atoms with van der Waals surface area (Å²) < 4.78 is 13.6. The van der Waals surface area contributed by atoms with Crippen LogP contribution in [0.15, 0.2) is 72.4 Å². The van der Waals surface area contributed by atoms with Gasteiger partial charge < -0.3 is 10.2 Å². The van der Waals surface area contributed by atoms with Gasteiger partial charge in [0.05, 0.1) is 11.3 Å². The Hall–Kier alpha value is -3.93. The highest BCUT2D eigenvalue weighted by Gasteiger charge is 2.41. The fourth-order valence-electron chi connectivity index (χ4n) is 4.22. The molecule has 174 valence electrons. The molecule has 34 heavy (non-hydrogen) atoms. The standard InChI is InChI=1S/C28H28FN3O2/c1-5-31(6-2)23-16-14-22(15-17-23)30-26-25(20-10-12-21(29)13-11-20)27(33)32(28(26)34)24-9-7-8-18(3)19(24)4/h7-17,30H,5-6H2,1-4H3. The summed E-state index contributed by atoms with van der Waals surface area (Å²) in [6.07, 6.45) is 0. The number of benzene rings is 3. The van der Waals surface area contributed by atoms with Crippen LogP contribution in [0.5, 0.6) is 0 Å². The lowest BCUT2D eigenvalue weighted by Gasteiger charge is -2.21. The first-order valence-corrected chi connectivity index (χ1v) is 11.4. The number of nitrogens with zero attached hydrogens (tertiary/aromatic N) is 2. The number of hydrogen-bond donors (Lipinski definition) is 1. The van der Waals surface area contributed by atoms with E-state index in [1.54, 1.807) is 6.07 Å². The lowest BCUT2D eigenvalue weighted by Crippen LogP contribution is -2.33. The summed E-state index contributed by atoms with van der Waals surface area (Å²) in [7, 11) is 0. The maximum atomic E-state index is 13.6. The second-order valence-electron chi connectivity index (χ2n) is 8.27. The maximum Gasteiger partial charge on any atom is 0.282 e. The van der Waals surface area contributed by atoms with Gasteiger partial charge in [0.15, 0.2) is 0 Å². The molecule has 0 aliphatic carbocycles. The minimum atomic E-state index is -0.439. The van der Waals surface area contributed by atoms with Crippen molar-refractivity contribution in [2.45, 2.75) is 27.7 Å². The first-order valence-electron chi connectivity index (χ1n) is 11.4. The third-order valence-corrected chi connectivity index (χ3v) is 6.30. The van der Waals surface area contributed by atoms with E-state index in [1.807, 2.05) is 50.2 Å². The zero-order valence-electron chi connectivity index (χ0n) is 19.9. The Bertz CT molecular complexity index is 1260. The number of aryl methyl sites for hydroxylation is 1. The van der Waals surface area contributed by atoms with Crippen LogP contribution in [0.4, 0.5) is 21.5 Å². The van der Waals surface area contributed by atoms with Gasteiger partial charge in [-0.05, 0) is 86.8 Å². The summed E-state index contributed by atoms with van der Waals surface area (Å²) >= 11 is 0. The molecule has 4 rings (SSSR count). The number of nitrogens with one attached hydrogen (secondary N) is 1. The van der Waals surface area contributed by atoms with Crippen LogP contribution < -0.4 is 15.1 Å². The molecular formula is C28H28FN3O2. The zero-order chi connectivity index (χ0) is 24.4. The number of rotatable bonds is 7. The average molecular weight is 458 g/mol. The summed E-state index contributed by atoms with van der Waals surface area (Å²) in [4.78, 5) is 30.6. The van der Waals surface area contributed by atoms with Crippen molar-refractivity contribution in [2.75, 3.05) is 28.2 Å². The maximum absolute atomic E-state index is 13.6. The lowest BCUT2D eigenvalue weighted by atomic mass is 10.0. The molecule has 3 aromatic carbocycles. The topological polar surface area (TPSA) is 52.7 Å². The van der Waals surface area contributed by atoms with Gasteiger partial charge in [0, 0.05) is 24.5 Å². The Morgan fingerprint density at radius 2 is 1.50 bits per heavy atom. The molecule has 0 spiro atoms. The molecule has 0 atom stereocenters. The summed E-state index contributed by atoms with van der Waals surface area (Å²) in [5.41, 5.74) is 5.02. The third-order valence-electron chi connectivity index (χ3n) is 6.30. The molecule has 0 bridgehead atoms. The van der Waals surface area contributed by atoms with Crippen LogP contribution in [0, 0.1) is 19.7 Å². The molecule has 1 aliphatic rings. The Morgan fingerprint density at radius 3 is 2.12 bits per heavy atom. The Kier molecular flexibility index (Phi) is 6.50. The first-order chi connectivity index (χ1) is 16.3. The van der Waals surface area contributed by atoms with Gasteiger partial charge in [0.2, 0.25) is 0 Å². The second-order valence-corrected chi connectivity index (χ2v) is 8.27. The molecule has 2 amide bonds. The quantitative estimate of drug-likeness (QED) is 0.464. The fourth-order valence-corrected chi connectivity index (χ4v) is 4.22. The van der Waals surface area contributed by atoms with E-state index in [2.05, 4.69) is 24.1 Å². The van der Waals surface area contributed by atoms with E-state index in [0.29, 0.717) is 16.9 Å². The number of anilines is 3. The van der Waals surface area contributed by atoms with Gasteiger partial charge in [0.1, 0.15) is 11.5 Å². The van der Waals surface area contributed by atoms with Crippen molar-refractivity contribution in [2.24, 2.45) is 0 Å². The molecule has 0 unspecified atom stereocenters. The van der Waals surface area contributed by atoms with Gasteiger partial charge in [-0.25, -0.2) is 9.29 Å². The van der Waals surface area contributed by atoms with E-state index in [0.717, 1.165) is 29.9 Å². The highest BCUT2D eigenvalue weighted by molar-refractivity contribution is 6.46. The van der Waals surface area contributed by atoms with Gasteiger partial charge in [0.25, 0.3) is 11.8 Å².